The number of rotatable bonds is 9. The average Bonchev–Trinajstić information content (AvgIpc) is 2.66. The van der Waals surface area contributed by atoms with Gasteiger partial charge in [-0.3, -0.25) is 9.59 Å². The van der Waals surface area contributed by atoms with Gasteiger partial charge in [0.1, 0.15) is 0 Å². The van der Waals surface area contributed by atoms with Crippen LogP contribution in [0.5, 0.6) is 11.5 Å². The molecule has 0 aliphatic carbocycles. The summed E-state index contributed by atoms with van der Waals surface area (Å²) in [6, 6.07) is 14.5. The van der Waals surface area contributed by atoms with E-state index < -0.39 is 0 Å². The normalized spacial score (nSPS) is 10.1. The molecule has 0 saturated carbocycles. The average molecular weight is 377 g/mol. The Labute approximate surface area is 157 Å². The molecule has 0 aliphatic rings. The maximum Gasteiger partial charge on any atom is 0.258 e. The van der Waals surface area contributed by atoms with Gasteiger partial charge in [-0.2, -0.15) is 0 Å². The van der Waals surface area contributed by atoms with Gasteiger partial charge in [-0.05, 0) is 36.2 Å². The summed E-state index contributed by atoms with van der Waals surface area (Å²) in [7, 11) is 1.52. The third kappa shape index (κ3) is 6.64. The van der Waals surface area contributed by atoms with Gasteiger partial charge in [0, 0.05) is 11.6 Å². The van der Waals surface area contributed by atoms with Gasteiger partial charge >= 0.3 is 0 Å². The van der Waals surface area contributed by atoms with Crippen molar-refractivity contribution >= 4 is 23.4 Å². The van der Waals surface area contributed by atoms with Crippen LogP contribution in [0.4, 0.5) is 0 Å². The Bertz CT molecular complexity index is 735. The Kier molecular flexibility index (Phi) is 7.76. The Hall–Kier alpha value is -2.73. The number of methoxy groups -OCH3 is 1. The van der Waals surface area contributed by atoms with Gasteiger partial charge in [-0.25, -0.2) is 0 Å². The molecule has 2 amide bonds. The fourth-order valence-electron chi connectivity index (χ4n) is 2.17. The number of amides is 2. The van der Waals surface area contributed by atoms with Crippen LogP contribution < -0.4 is 20.1 Å². The van der Waals surface area contributed by atoms with Crippen LogP contribution >= 0.6 is 11.6 Å². The first-order valence-electron chi connectivity index (χ1n) is 8.12. The Morgan fingerprint density at radius 1 is 0.962 bits per heavy atom. The minimum atomic E-state index is -0.385. The molecule has 2 aromatic carbocycles. The molecule has 0 saturated heterocycles. The van der Waals surface area contributed by atoms with E-state index in [1.807, 2.05) is 12.1 Å². The van der Waals surface area contributed by atoms with E-state index in [1.165, 1.54) is 7.11 Å². The number of hydrogen-bond acceptors (Lipinski definition) is 4. The third-order valence-electron chi connectivity index (χ3n) is 3.52. The smallest absolute Gasteiger partial charge is 0.258 e. The summed E-state index contributed by atoms with van der Waals surface area (Å²) in [6.07, 6.45) is 0.688. The van der Waals surface area contributed by atoms with E-state index in [-0.39, 0.29) is 25.0 Å². The maximum absolute atomic E-state index is 11.8. The van der Waals surface area contributed by atoms with Gasteiger partial charge in [-0.1, -0.05) is 35.9 Å². The lowest BCUT2D eigenvalue weighted by Gasteiger charge is -2.10. The fraction of sp³-hybridized carbons (Fsp3) is 0.263. The number of para-hydroxylation sites is 2. The number of nitrogens with one attached hydrogen (secondary N) is 2. The topological polar surface area (TPSA) is 76.7 Å². The first-order chi connectivity index (χ1) is 12.6. The molecule has 0 radical (unpaired) electrons. The van der Waals surface area contributed by atoms with Crippen LogP contribution in [-0.4, -0.2) is 38.6 Å². The van der Waals surface area contributed by atoms with Crippen LogP contribution in [0.25, 0.3) is 0 Å². The highest BCUT2D eigenvalue weighted by molar-refractivity contribution is 6.30. The molecule has 0 unspecified atom stereocenters. The van der Waals surface area contributed by atoms with E-state index in [2.05, 4.69) is 10.6 Å². The van der Waals surface area contributed by atoms with Gasteiger partial charge in [0.2, 0.25) is 5.91 Å². The first-order valence-corrected chi connectivity index (χ1v) is 8.50. The lowest BCUT2D eigenvalue weighted by atomic mass is 10.1. The van der Waals surface area contributed by atoms with E-state index in [4.69, 9.17) is 21.1 Å². The van der Waals surface area contributed by atoms with Gasteiger partial charge < -0.3 is 20.1 Å². The Morgan fingerprint density at radius 2 is 1.65 bits per heavy atom. The maximum atomic E-state index is 11.8. The summed E-state index contributed by atoms with van der Waals surface area (Å²) >= 11 is 5.82. The number of carbonyl (C=O) groups is 2. The van der Waals surface area contributed by atoms with Crippen molar-refractivity contribution in [3.63, 3.8) is 0 Å². The fourth-order valence-corrected chi connectivity index (χ4v) is 2.30. The lowest BCUT2D eigenvalue weighted by molar-refractivity contribution is -0.127. The minimum Gasteiger partial charge on any atom is -0.493 e. The monoisotopic (exact) mass is 376 g/mol. The van der Waals surface area contributed by atoms with E-state index >= 15 is 0 Å². The van der Waals surface area contributed by atoms with Crippen molar-refractivity contribution in [1.29, 1.82) is 0 Å². The second-order valence-electron chi connectivity index (χ2n) is 5.44. The summed E-state index contributed by atoms with van der Waals surface area (Å²) in [5.74, 6) is 0.367. The number of ether oxygens (including phenoxy) is 2. The summed E-state index contributed by atoms with van der Waals surface area (Å²) in [5.41, 5.74) is 1.07. The molecule has 0 fully saturated rings. The molecule has 0 spiro atoms. The minimum absolute atomic E-state index is 0.102. The third-order valence-corrected chi connectivity index (χ3v) is 3.78. The molecule has 7 heteroatoms. The van der Waals surface area contributed by atoms with Crippen molar-refractivity contribution in [2.24, 2.45) is 0 Å². The van der Waals surface area contributed by atoms with Crippen LogP contribution in [0, 0.1) is 0 Å². The zero-order chi connectivity index (χ0) is 18.8. The molecular weight excluding hydrogens is 356 g/mol. The molecular formula is C19H21ClN2O4. The van der Waals surface area contributed by atoms with E-state index in [0.29, 0.717) is 29.5 Å². The van der Waals surface area contributed by atoms with Gasteiger partial charge in [0.05, 0.1) is 13.7 Å². The second-order valence-corrected chi connectivity index (χ2v) is 5.88. The summed E-state index contributed by atoms with van der Waals surface area (Å²) in [6.45, 7) is 0.182. The largest absolute Gasteiger partial charge is 0.493 e. The highest BCUT2D eigenvalue weighted by Crippen LogP contribution is 2.25. The van der Waals surface area contributed by atoms with E-state index in [1.54, 1.807) is 36.4 Å². The molecule has 0 bridgehead atoms. The molecule has 2 rings (SSSR count). The Morgan fingerprint density at radius 3 is 2.35 bits per heavy atom. The molecule has 0 aliphatic heterocycles. The van der Waals surface area contributed by atoms with Crippen molar-refractivity contribution in [2.45, 2.75) is 6.42 Å². The van der Waals surface area contributed by atoms with Crippen molar-refractivity contribution < 1.29 is 19.1 Å². The van der Waals surface area contributed by atoms with Crippen LogP contribution in [-0.2, 0) is 16.0 Å². The Balaban J connectivity index is 1.63. The zero-order valence-corrected chi connectivity index (χ0v) is 15.2. The number of halogens is 1. The second kappa shape index (κ2) is 10.3. The van der Waals surface area contributed by atoms with E-state index in [0.717, 1.165) is 5.56 Å². The lowest BCUT2D eigenvalue weighted by Crippen LogP contribution is -2.39. The molecule has 6 nitrogen and oxygen atoms in total. The number of benzene rings is 2. The van der Waals surface area contributed by atoms with Crippen LogP contribution in [0.15, 0.2) is 48.5 Å². The molecule has 138 valence electrons. The molecule has 2 aromatic rings. The van der Waals surface area contributed by atoms with Crippen LogP contribution in [0.1, 0.15) is 5.56 Å². The molecule has 0 heterocycles. The van der Waals surface area contributed by atoms with Crippen molar-refractivity contribution in [3.8, 4) is 11.5 Å². The zero-order valence-electron chi connectivity index (χ0n) is 14.5. The van der Waals surface area contributed by atoms with Crippen LogP contribution in [0.3, 0.4) is 0 Å². The molecule has 2 N–H and O–H groups in total. The summed E-state index contributed by atoms with van der Waals surface area (Å²) in [4.78, 5) is 23.5. The first kappa shape index (κ1) is 19.6. The highest BCUT2D eigenvalue weighted by Gasteiger charge is 2.08. The van der Waals surface area contributed by atoms with Crippen molar-refractivity contribution in [1.82, 2.24) is 10.6 Å². The van der Waals surface area contributed by atoms with Gasteiger partial charge in [0.15, 0.2) is 18.1 Å². The quantitative estimate of drug-likeness (QED) is 0.703. The van der Waals surface area contributed by atoms with Gasteiger partial charge in [-0.15, -0.1) is 0 Å². The van der Waals surface area contributed by atoms with Crippen LogP contribution in [0.2, 0.25) is 5.02 Å². The number of hydrogen-bond donors (Lipinski definition) is 2. The molecule has 0 atom stereocenters. The molecule has 0 aromatic heterocycles. The SMILES string of the molecule is COc1ccccc1OCC(=O)NCC(=O)NCCc1ccc(Cl)cc1. The van der Waals surface area contributed by atoms with Crippen molar-refractivity contribution in [3.05, 3.63) is 59.1 Å². The summed E-state index contributed by atoms with van der Waals surface area (Å²) < 4.78 is 10.5. The van der Waals surface area contributed by atoms with E-state index in [9.17, 15) is 9.59 Å². The van der Waals surface area contributed by atoms with Gasteiger partial charge in [0.25, 0.3) is 5.91 Å². The van der Waals surface area contributed by atoms with Crippen molar-refractivity contribution in [2.75, 3.05) is 26.8 Å². The molecule has 26 heavy (non-hydrogen) atoms. The number of carbonyl (C=O) groups excluding carboxylic acids is 2. The summed E-state index contributed by atoms with van der Waals surface area (Å²) in [5, 5.41) is 5.93. The predicted molar refractivity (Wildman–Crippen MR) is 99.7 cm³/mol. The predicted octanol–water partition coefficient (Wildman–Crippen LogP) is 2.20. The standard InChI is InChI=1S/C19H21ClN2O4/c1-25-16-4-2-3-5-17(16)26-13-19(24)22-12-18(23)21-11-10-14-6-8-15(20)9-7-14/h2-9H,10-13H2,1H3,(H,21,23)(H,22,24). The highest BCUT2D eigenvalue weighted by atomic mass is 35.5.